The number of nitrogens with zero attached hydrogens (tertiary/aromatic N) is 2. The molecule has 20 heavy (non-hydrogen) atoms. The number of rotatable bonds is 3. The lowest BCUT2D eigenvalue weighted by Crippen LogP contribution is -2.47. The second kappa shape index (κ2) is 5.55. The Kier molecular flexibility index (Phi) is 3.83. The van der Waals surface area contributed by atoms with Crippen molar-refractivity contribution in [3.63, 3.8) is 0 Å². The van der Waals surface area contributed by atoms with E-state index in [4.69, 9.17) is 0 Å². The number of ether oxygens (including phenoxy) is 1. The van der Waals surface area contributed by atoms with E-state index in [1.165, 1.54) is 19.2 Å². The van der Waals surface area contributed by atoms with Gasteiger partial charge in [-0.2, -0.15) is 0 Å². The van der Waals surface area contributed by atoms with Crippen LogP contribution in [0.4, 0.5) is 11.4 Å². The summed E-state index contributed by atoms with van der Waals surface area (Å²) < 4.78 is 4.53. The van der Waals surface area contributed by atoms with Crippen molar-refractivity contribution in [2.75, 3.05) is 31.6 Å². The number of carbonyl (C=O) groups excluding carboxylic acids is 2. The minimum absolute atomic E-state index is 0.0540. The predicted octanol–water partition coefficient (Wildman–Crippen LogP) is 0.318. The Morgan fingerprint density at radius 1 is 1.50 bits per heavy atom. The third kappa shape index (κ3) is 2.68. The van der Waals surface area contributed by atoms with Crippen molar-refractivity contribution in [3.8, 4) is 0 Å². The van der Waals surface area contributed by atoms with Gasteiger partial charge in [-0.1, -0.05) is 0 Å². The van der Waals surface area contributed by atoms with Gasteiger partial charge in [0.1, 0.15) is 5.69 Å². The highest BCUT2D eigenvalue weighted by molar-refractivity contribution is 5.92. The summed E-state index contributed by atoms with van der Waals surface area (Å²) in [5.41, 5.74) is 0.199. The van der Waals surface area contributed by atoms with Crippen molar-refractivity contribution in [2.24, 2.45) is 0 Å². The first-order valence-corrected chi connectivity index (χ1v) is 5.91. The molecule has 1 aliphatic heterocycles. The van der Waals surface area contributed by atoms with Gasteiger partial charge in [0, 0.05) is 19.2 Å². The maximum Gasteiger partial charge on any atom is 0.338 e. The topological polar surface area (TPSA) is 102 Å². The second-order valence-corrected chi connectivity index (χ2v) is 4.22. The molecule has 0 aromatic heterocycles. The number of hydrogen-bond donors (Lipinski definition) is 1. The van der Waals surface area contributed by atoms with Gasteiger partial charge in [0.25, 0.3) is 5.69 Å². The first-order chi connectivity index (χ1) is 9.52. The Hall–Kier alpha value is -2.64. The van der Waals surface area contributed by atoms with Crippen molar-refractivity contribution in [3.05, 3.63) is 33.9 Å². The zero-order valence-electron chi connectivity index (χ0n) is 10.8. The summed E-state index contributed by atoms with van der Waals surface area (Å²) >= 11 is 0. The molecule has 8 nitrogen and oxygen atoms in total. The van der Waals surface area contributed by atoms with Crippen LogP contribution in [0.3, 0.4) is 0 Å². The molecule has 0 atom stereocenters. The van der Waals surface area contributed by atoms with E-state index in [1.807, 2.05) is 0 Å². The van der Waals surface area contributed by atoms with Crippen LogP contribution in [0, 0.1) is 10.1 Å². The fraction of sp³-hybridized carbons (Fsp3) is 0.333. The average molecular weight is 279 g/mol. The number of hydrogen-bond acceptors (Lipinski definition) is 6. The summed E-state index contributed by atoms with van der Waals surface area (Å²) in [4.78, 5) is 34.9. The number of nitrogens with one attached hydrogen (secondary N) is 1. The third-order valence-electron chi connectivity index (χ3n) is 2.97. The summed E-state index contributed by atoms with van der Waals surface area (Å²) in [5.74, 6) is -0.835. The number of anilines is 1. The number of carbonyl (C=O) groups is 2. The van der Waals surface area contributed by atoms with Crippen LogP contribution in [-0.4, -0.2) is 43.5 Å². The molecule has 1 amide bonds. The summed E-state index contributed by atoms with van der Waals surface area (Å²) in [6, 6.07) is 4.07. The minimum Gasteiger partial charge on any atom is -0.465 e. The molecule has 1 N–H and O–H groups in total. The zero-order chi connectivity index (χ0) is 14.7. The van der Waals surface area contributed by atoms with Gasteiger partial charge in [-0.3, -0.25) is 14.9 Å². The summed E-state index contributed by atoms with van der Waals surface area (Å²) in [6.45, 7) is 0.956. The fourth-order valence-electron chi connectivity index (χ4n) is 2.03. The number of amides is 1. The van der Waals surface area contributed by atoms with Crippen LogP contribution < -0.4 is 10.2 Å². The van der Waals surface area contributed by atoms with Gasteiger partial charge in [0.05, 0.1) is 24.1 Å². The largest absolute Gasteiger partial charge is 0.465 e. The van der Waals surface area contributed by atoms with Crippen molar-refractivity contribution >= 4 is 23.3 Å². The molecule has 1 aliphatic rings. The lowest BCUT2D eigenvalue weighted by Gasteiger charge is -2.28. The molecule has 0 saturated carbocycles. The van der Waals surface area contributed by atoms with Gasteiger partial charge in [-0.25, -0.2) is 4.79 Å². The van der Waals surface area contributed by atoms with E-state index >= 15 is 0 Å². The van der Waals surface area contributed by atoms with Crippen LogP contribution >= 0.6 is 0 Å². The first-order valence-electron chi connectivity index (χ1n) is 5.91. The number of methoxy groups -OCH3 is 1. The van der Waals surface area contributed by atoms with Crippen LogP contribution in [0.25, 0.3) is 0 Å². The van der Waals surface area contributed by atoms with E-state index in [0.29, 0.717) is 18.8 Å². The first kappa shape index (κ1) is 13.8. The molecule has 0 aliphatic carbocycles. The maximum absolute atomic E-state index is 11.4. The van der Waals surface area contributed by atoms with E-state index in [0.717, 1.165) is 6.07 Å². The number of piperazine rings is 1. The summed E-state index contributed by atoms with van der Waals surface area (Å²) in [5, 5.41) is 13.8. The maximum atomic E-state index is 11.4. The molecular formula is C12H13N3O5. The average Bonchev–Trinajstić information content (AvgIpc) is 2.45. The van der Waals surface area contributed by atoms with Gasteiger partial charge in [-0.15, -0.1) is 0 Å². The monoisotopic (exact) mass is 279 g/mol. The molecule has 1 aromatic rings. The van der Waals surface area contributed by atoms with Crippen LogP contribution in [-0.2, 0) is 9.53 Å². The van der Waals surface area contributed by atoms with Gasteiger partial charge >= 0.3 is 5.97 Å². The number of nitro benzene ring substituents is 1. The molecule has 1 heterocycles. The molecule has 1 fully saturated rings. The Morgan fingerprint density at radius 2 is 2.25 bits per heavy atom. The molecule has 1 saturated heterocycles. The Bertz CT molecular complexity index is 572. The standard InChI is InChI=1S/C12H13N3O5/c1-20-12(17)8-2-3-9(10(6-8)15(18)19)14-5-4-13-11(16)7-14/h2-3,6H,4-5,7H2,1H3,(H,13,16). The van der Waals surface area contributed by atoms with Crippen LogP contribution in [0.2, 0.25) is 0 Å². The van der Waals surface area contributed by atoms with Crippen molar-refractivity contribution in [2.45, 2.75) is 0 Å². The van der Waals surface area contributed by atoms with Crippen molar-refractivity contribution < 1.29 is 19.2 Å². The van der Waals surface area contributed by atoms with E-state index in [9.17, 15) is 19.7 Å². The van der Waals surface area contributed by atoms with Gasteiger partial charge in [0.15, 0.2) is 0 Å². The van der Waals surface area contributed by atoms with Gasteiger partial charge in [0.2, 0.25) is 5.91 Å². The second-order valence-electron chi connectivity index (χ2n) is 4.22. The van der Waals surface area contributed by atoms with Gasteiger partial charge in [-0.05, 0) is 12.1 Å². The highest BCUT2D eigenvalue weighted by Crippen LogP contribution is 2.29. The molecule has 0 unspecified atom stereocenters. The van der Waals surface area contributed by atoms with Crippen molar-refractivity contribution in [1.82, 2.24) is 5.32 Å². The van der Waals surface area contributed by atoms with E-state index in [2.05, 4.69) is 10.1 Å². The smallest absolute Gasteiger partial charge is 0.338 e. The Labute approximate surface area is 114 Å². The molecule has 1 aromatic carbocycles. The van der Waals surface area contributed by atoms with E-state index < -0.39 is 10.9 Å². The van der Waals surface area contributed by atoms with Crippen LogP contribution in [0.5, 0.6) is 0 Å². The molecule has 0 spiro atoms. The molecule has 106 valence electrons. The predicted molar refractivity (Wildman–Crippen MR) is 69.7 cm³/mol. The van der Waals surface area contributed by atoms with Crippen LogP contribution in [0.1, 0.15) is 10.4 Å². The number of benzene rings is 1. The lowest BCUT2D eigenvalue weighted by atomic mass is 10.1. The molecule has 8 heteroatoms. The Morgan fingerprint density at radius 3 is 2.85 bits per heavy atom. The van der Waals surface area contributed by atoms with Crippen molar-refractivity contribution in [1.29, 1.82) is 0 Å². The van der Waals surface area contributed by atoms with E-state index in [-0.39, 0.29) is 23.7 Å². The molecule has 0 radical (unpaired) electrons. The highest BCUT2D eigenvalue weighted by Gasteiger charge is 2.25. The molecular weight excluding hydrogens is 266 g/mol. The summed E-state index contributed by atoms with van der Waals surface area (Å²) in [6.07, 6.45) is 0. The Balaban J connectivity index is 2.39. The lowest BCUT2D eigenvalue weighted by molar-refractivity contribution is -0.384. The highest BCUT2D eigenvalue weighted by atomic mass is 16.6. The van der Waals surface area contributed by atoms with Gasteiger partial charge < -0.3 is 15.0 Å². The van der Waals surface area contributed by atoms with Crippen LogP contribution in [0.15, 0.2) is 18.2 Å². The minimum atomic E-state index is -0.643. The fourth-order valence-corrected chi connectivity index (χ4v) is 2.03. The number of nitro groups is 1. The molecule has 2 rings (SSSR count). The summed E-state index contributed by atoms with van der Waals surface area (Å²) in [7, 11) is 1.21. The molecule has 0 bridgehead atoms. The number of esters is 1. The quantitative estimate of drug-likeness (QED) is 0.485. The van der Waals surface area contributed by atoms with E-state index in [1.54, 1.807) is 4.90 Å². The third-order valence-corrected chi connectivity index (χ3v) is 2.97. The SMILES string of the molecule is COC(=O)c1ccc(N2CCNC(=O)C2)c([N+](=O)[O-])c1. The zero-order valence-corrected chi connectivity index (χ0v) is 10.8. The normalized spacial score (nSPS) is 14.7.